The Kier molecular flexibility index (Phi) is 5.60. The van der Waals surface area contributed by atoms with Crippen LogP contribution in [-0.4, -0.2) is 29.1 Å². The van der Waals surface area contributed by atoms with Crippen molar-refractivity contribution >= 4 is 68.3 Å². The fourth-order valence-corrected chi connectivity index (χ4v) is 7.52. The number of carbonyl (C=O) groups is 2. The van der Waals surface area contributed by atoms with Crippen LogP contribution in [0.15, 0.2) is 80.3 Å². The van der Waals surface area contributed by atoms with Crippen LogP contribution in [0.4, 0.5) is 15.2 Å². The second kappa shape index (κ2) is 8.98. The first-order valence-corrected chi connectivity index (χ1v) is 14.2. The molecule has 1 unspecified atom stereocenters. The van der Waals surface area contributed by atoms with Gasteiger partial charge in [-0.25, -0.2) is 4.39 Å². The van der Waals surface area contributed by atoms with Crippen LogP contribution in [0.2, 0.25) is 5.02 Å². The van der Waals surface area contributed by atoms with Crippen LogP contribution in [0.3, 0.4) is 0 Å². The minimum atomic E-state index is -1.90. The summed E-state index contributed by atoms with van der Waals surface area (Å²) in [6, 6.07) is 17.8. The Hall–Kier alpha value is -4.06. The highest BCUT2D eigenvalue weighted by Crippen LogP contribution is 2.54. The number of thioether (sulfide) groups is 1. The zero-order valence-electron chi connectivity index (χ0n) is 20.6. The van der Waals surface area contributed by atoms with E-state index < -0.39 is 28.6 Å². The molecule has 3 aromatic carbocycles. The second-order valence-electron chi connectivity index (χ2n) is 9.24. The number of anilines is 2. The normalized spacial score (nSPS) is 17.8. The molecule has 0 fully saturated rings. The van der Waals surface area contributed by atoms with E-state index in [2.05, 4.69) is 10.2 Å². The molecule has 0 bridgehead atoms. The molecule has 2 aliphatic rings. The van der Waals surface area contributed by atoms with Crippen molar-refractivity contribution in [2.24, 2.45) is 0 Å². The van der Waals surface area contributed by atoms with Crippen LogP contribution < -0.4 is 15.2 Å². The standard InChI is InChI=1S/C28H16ClFN4O4S2/c1-33-19-9-5-3-7-17(19)28(25(33)37)21-22(35)16-12-15(30)10-11-20(16)38-23(21)24(36)34(28)26-31-32-27(40-26)39-13-14-6-2-4-8-18(14)29/h2-12H,13H2,1H3. The number of rotatable bonds is 4. The van der Waals surface area contributed by atoms with Crippen molar-refractivity contribution in [1.82, 2.24) is 10.2 Å². The molecular formula is C28H16ClFN4O4S2. The minimum absolute atomic E-state index is 0.0378. The maximum atomic E-state index is 14.2. The lowest BCUT2D eigenvalue weighted by Gasteiger charge is -2.31. The number of hydrogen-bond acceptors (Lipinski definition) is 8. The quantitative estimate of drug-likeness (QED) is 0.198. The predicted molar refractivity (Wildman–Crippen MR) is 151 cm³/mol. The van der Waals surface area contributed by atoms with E-state index in [-0.39, 0.29) is 27.4 Å². The van der Waals surface area contributed by atoms with Crippen LogP contribution in [0.25, 0.3) is 11.0 Å². The highest BCUT2D eigenvalue weighted by molar-refractivity contribution is 8.00. The topological polar surface area (TPSA) is 96.6 Å². The fourth-order valence-electron chi connectivity index (χ4n) is 5.35. The summed E-state index contributed by atoms with van der Waals surface area (Å²) in [6.07, 6.45) is 0. The number of nitrogens with zero attached hydrogens (tertiary/aromatic N) is 4. The molecule has 198 valence electrons. The van der Waals surface area contributed by atoms with Crippen molar-refractivity contribution < 1.29 is 18.4 Å². The number of likely N-dealkylation sites (N-methyl/N-ethyl adjacent to an activating group) is 1. The Morgan fingerprint density at radius 1 is 1.05 bits per heavy atom. The molecule has 2 aliphatic heterocycles. The van der Waals surface area contributed by atoms with Crippen molar-refractivity contribution in [1.29, 1.82) is 0 Å². The molecule has 1 spiro atoms. The van der Waals surface area contributed by atoms with Crippen LogP contribution >= 0.6 is 34.7 Å². The first-order chi connectivity index (χ1) is 19.3. The molecule has 0 radical (unpaired) electrons. The number of hydrogen-bond donors (Lipinski definition) is 0. The third-order valence-electron chi connectivity index (χ3n) is 7.11. The van der Waals surface area contributed by atoms with E-state index in [1.807, 2.05) is 18.2 Å². The molecular weight excluding hydrogens is 575 g/mol. The first kappa shape index (κ1) is 24.9. The Morgan fingerprint density at radius 2 is 1.82 bits per heavy atom. The zero-order valence-corrected chi connectivity index (χ0v) is 22.9. The lowest BCUT2D eigenvalue weighted by molar-refractivity contribution is -0.121. The number of para-hydroxylation sites is 1. The van der Waals surface area contributed by atoms with Crippen LogP contribution in [-0.2, 0) is 16.1 Å². The molecule has 0 N–H and O–H groups in total. The lowest BCUT2D eigenvalue weighted by atomic mass is 9.84. The molecule has 8 nitrogen and oxygen atoms in total. The van der Waals surface area contributed by atoms with Crippen molar-refractivity contribution in [3.63, 3.8) is 0 Å². The van der Waals surface area contributed by atoms with Gasteiger partial charge in [-0.2, -0.15) is 0 Å². The van der Waals surface area contributed by atoms with Gasteiger partial charge in [0, 0.05) is 29.1 Å². The van der Waals surface area contributed by atoms with Gasteiger partial charge in [-0.3, -0.25) is 19.3 Å². The molecule has 0 saturated heterocycles. The smallest absolute Gasteiger partial charge is 0.297 e. The van der Waals surface area contributed by atoms with Crippen LogP contribution in [0.5, 0.6) is 0 Å². The van der Waals surface area contributed by atoms with E-state index in [9.17, 15) is 18.8 Å². The van der Waals surface area contributed by atoms with Gasteiger partial charge in [0.2, 0.25) is 10.9 Å². The van der Waals surface area contributed by atoms with Gasteiger partial charge in [-0.05, 0) is 35.9 Å². The van der Waals surface area contributed by atoms with Gasteiger partial charge in [0.15, 0.2) is 15.3 Å². The minimum Gasteiger partial charge on any atom is -0.450 e. The van der Waals surface area contributed by atoms with E-state index in [1.165, 1.54) is 27.6 Å². The summed E-state index contributed by atoms with van der Waals surface area (Å²) >= 11 is 8.78. The summed E-state index contributed by atoms with van der Waals surface area (Å²) in [5, 5.41) is 9.20. The lowest BCUT2D eigenvalue weighted by Crippen LogP contribution is -2.53. The molecule has 1 atom stereocenters. The number of benzene rings is 3. The van der Waals surface area contributed by atoms with Crippen LogP contribution in [0, 0.1) is 5.82 Å². The average Bonchev–Trinajstić information content (AvgIpc) is 3.58. The zero-order chi connectivity index (χ0) is 27.8. The van der Waals surface area contributed by atoms with Gasteiger partial charge in [0.25, 0.3) is 11.8 Å². The SMILES string of the molecule is CN1C(=O)C2(c3ccccc31)c1c(oc3ccc(F)cc3c1=O)C(=O)N2c1nnc(SCc2ccccc2Cl)s1. The van der Waals surface area contributed by atoms with Crippen molar-refractivity contribution in [2.75, 3.05) is 16.8 Å². The summed E-state index contributed by atoms with van der Waals surface area (Å²) in [4.78, 5) is 44.9. The van der Waals surface area contributed by atoms with Gasteiger partial charge in [-0.15, -0.1) is 10.2 Å². The van der Waals surface area contributed by atoms with E-state index >= 15 is 0 Å². The third kappa shape index (κ3) is 3.34. The molecule has 40 heavy (non-hydrogen) atoms. The van der Waals surface area contributed by atoms with E-state index in [0.29, 0.717) is 26.4 Å². The first-order valence-electron chi connectivity index (χ1n) is 12.0. The van der Waals surface area contributed by atoms with E-state index in [4.69, 9.17) is 16.0 Å². The molecule has 0 saturated carbocycles. The number of aromatic nitrogens is 2. The van der Waals surface area contributed by atoms with Crippen molar-refractivity contribution in [3.05, 3.63) is 110 Å². The molecule has 5 aromatic rings. The summed E-state index contributed by atoms with van der Waals surface area (Å²) in [7, 11) is 1.57. The fraction of sp³-hybridized carbons (Fsp3) is 0.107. The second-order valence-corrected chi connectivity index (χ2v) is 11.8. The predicted octanol–water partition coefficient (Wildman–Crippen LogP) is 5.61. The molecule has 12 heteroatoms. The van der Waals surface area contributed by atoms with Gasteiger partial charge in [-0.1, -0.05) is 71.1 Å². The van der Waals surface area contributed by atoms with Gasteiger partial charge < -0.3 is 9.32 Å². The molecule has 0 aliphatic carbocycles. The summed E-state index contributed by atoms with van der Waals surface area (Å²) in [6.45, 7) is 0. The third-order valence-corrected chi connectivity index (χ3v) is 9.57. The van der Waals surface area contributed by atoms with Crippen molar-refractivity contribution in [3.8, 4) is 0 Å². The van der Waals surface area contributed by atoms with E-state index in [1.54, 1.807) is 37.4 Å². The Bertz CT molecular complexity index is 1960. The number of fused-ring (bicyclic) bond motifs is 5. The van der Waals surface area contributed by atoms with E-state index in [0.717, 1.165) is 29.0 Å². The van der Waals surface area contributed by atoms with Gasteiger partial charge in [0.1, 0.15) is 11.4 Å². The highest BCUT2D eigenvalue weighted by atomic mass is 35.5. The maximum absolute atomic E-state index is 14.2. The van der Waals surface area contributed by atoms with Crippen LogP contribution in [0.1, 0.15) is 27.2 Å². The number of amides is 2. The molecule has 7 rings (SSSR count). The average molecular weight is 591 g/mol. The Morgan fingerprint density at radius 3 is 2.65 bits per heavy atom. The highest BCUT2D eigenvalue weighted by Gasteiger charge is 2.66. The monoisotopic (exact) mass is 590 g/mol. The summed E-state index contributed by atoms with van der Waals surface area (Å²) in [5.41, 5.74) is -0.852. The summed E-state index contributed by atoms with van der Waals surface area (Å²) in [5.74, 6) is -1.67. The maximum Gasteiger partial charge on any atom is 0.297 e. The Balaban J connectivity index is 1.43. The molecule has 2 aromatic heterocycles. The Labute approximate surface area is 239 Å². The molecule has 2 amide bonds. The molecule has 4 heterocycles. The largest absolute Gasteiger partial charge is 0.450 e. The van der Waals surface area contributed by atoms with Crippen molar-refractivity contribution in [2.45, 2.75) is 15.6 Å². The van der Waals surface area contributed by atoms with Gasteiger partial charge in [0.05, 0.1) is 10.9 Å². The summed E-state index contributed by atoms with van der Waals surface area (Å²) < 4.78 is 20.7. The number of halogens is 2. The number of carbonyl (C=O) groups excluding carboxylic acids is 2. The van der Waals surface area contributed by atoms with Gasteiger partial charge >= 0.3 is 0 Å².